The third-order valence-corrected chi connectivity index (χ3v) is 3.98. The van der Waals surface area contributed by atoms with Crippen LogP contribution >= 0.6 is 0 Å². The van der Waals surface area contributed by atoms with E-state index in [4.69, 9.17) is 0 Å². The Labute approximate surface area is 104 Å². The molecule has 0 bridgehead atoms. The van der Waals surface area contributed by atoms with Crippen molar-refractivity contribution in [3.05, 3.63) is 24.3 Å². The summed E-state index contributed by atoms with van der Waals surface area (Å²) >= 11 is 0. The first kappa shape index (κ1) is 14.0. The Morgan fingerprint density at radius 2 is 1.53 bits per heavy atom. The van der Waals surface area contributed by atoms with Crippen LogP contribution in [0.4, 0.5) is 5.69 Å². The maximum atomic E-state index is 11.8. The molecule has 0 aliphatic heterocycles. The van der Waals surface area contributed by atoms with Crippen molar-refractivity contribution >= 4 is 15.7 Å². The molecule has 1 rings (SSSR count). The predicted octanol–water partition coefficient (Wildman–Crippen LogP) is 2.15. The molecule has 0 heterocycles. The lowest BCUT2D eigenvalue weighted by Gasteiger charge is -2.22. The molecule has 1 aromatic rings. The van der Waals surface area contributed by atoms with Gasteiger partial charge in [-0.15, -0.1) is 0 Å². The lowest BCUT2D eigenvalue weighted by molar-refractivity contribution is 0.521. The van der Waals surface area contributed by atoms with E-state index in [1.54, 1.807) is 24.3 Å². The summed E-state index contributed by atoms with van der Waals surface area (Å²) in [6, 6.07) is 6.79. The summed E-state index contributed by atoms with van der Waals surface area (Å²) < 4.78 is 24.9. The molecular weight excluding hydrogens is 236 g/mol. The van der Waals surface area contributed by atoms with E-state index >= 15 is 0 Å². The second-order valence-electron chi connectivity index (χ2n) is 5.19. The van der Waals surface area contributed by atoms with Crippen LogP contribution in [0.15, 0.2) is 29.2 Å². The molecule has 1 N–H and O–H groups in total. The normalized spacial score (nSPS) is 12.8. The Morgan fingerprint density at radius 3 is 1.88 bits per heavy atom. The van der Waals surface area contributed by atoms with Gasteiger partial charge in [0.05, 0.1) is 4.90 Å². The molecule has 0 saturated carbocycles. The highest BCUT2D eigenvalue weighted by atomic mass is 32.2. The van der Waals surface area contributed by atoms with Gasteiger partial charge < -0.3 is 5.32 Å². The molecule has 0 radical (unpaired) electrons. The molecule has 0 amide bonds. The molecule has 0 fully saturated rings. The van der Waals surface area contributed by atoms with Gasteiger partial charge in [0.2, 0.25) is 10.0 Å². The molecule has 4 nitrogen and oxygen atoms in total. The topological polar surface area (TPSA) is 49.4 Å². The molecule has 1 aromatic carbocycles. The van der Waals surface area contributed by atoms with E-state index in [0.717, 1.165) is 5.69 Å². The summed E-state index contributed by atoms with van der Waals surface area (Å²) in [4.78, 5) is 0.307. The van der Waals surface area contributed by atoms with Crippen molar-refractivity contribution in [2.24, 2.45) is 0 Å². The summed E-state index contributed by atoms with van der Waals surface area (Å²) in [6.07, 6.45) is 0. The lowest BCUT2D eigenvalue weighted by atomic mass is 10.1. The van der Waals surface area contributed by atoms with Crippen molar-refractivity contribution in [1.29, 1.82) is 0 Å². The van der Waals surface area contributed by atoms with E-state index < -0.39 is 10.0 Å². The summed E-state index contributed by atoms with van der Waals surface area (Å²) in [5, 5.41) is 3.28. The zero-order chi connectivity index (χ0) is 13.3. The number of sulfonamides is 1. The molecule has 0 spiro atoms. The SMILES string of the molecule is CN(C)S(=O)(=O)c1ccc(NC(C)(C)C)cc1. The summed E-state index contributed by atoms with van der Waals surface area (Å²) in [7, 11) is -0.283. The fraction of sp³-hybridized carbons (Fsp3) is 0.500. The largest absolute Gasteiger partial charge is 0.380 e. The van der Waals surface area contributed by atoms with Crippen molar-refractivity contribution in [1.82, 2.24) is 4.31 Å². The predicted molar refractivity (Wildman–Crippen MR) is 70.7 cm³/mol. The van der Waals surface area contributed by atoms with Gasteiger partial charge in [-0.05, 0) is 45.0 Å². The van der Waals surface area contributed by atoms with Crippen LogP contribution in [-0.4, -0.2) is 32.4 Å². The number of benzene rings is 1. The van der Waals surface area contributed by atoms with E-state index in [1.165, 1.54) is 18.4 Å². The standard InChI is InChI=1S/C12H20N2O2S/c1-12(2,3)13-10-6-8-11(9-7-10)17(15,16)14(4)5/h6-9,13H,1-5H3. The molecule has 5 heteroatoms. The van der Waals surface area contributed by atoms with Crippen LogP contribution < -0.4 is 5.32 Å². The molecule has 0 aromatic heterocycles. The third kappa shape index (κ3) is 3.71. The van der Waals surface area contributed by atoms with Gasteiger partial charge in [-0.25, -0.2) is 12.7 Å². The molecular formula is C12H20N2O2S. The summed E-state index contributed by atoms with van der Waals surface area (Å²) in [6.45, 7) is 6.16. The number of anilines is 1. The van der Waals surface area contributed by atoms with Crippen LogP contribution in [0.5, 0.6) is 0 Å². The van der Waals surface area contributed by atoms with Crippen LogP contribution in [0.3, 0.4) is 0 Å². The summed E-state index contributed by atoms with van der Waals surface area (Å²) in [5.74, 6) is 0. The van der Waals surface area contributed by atoms with E-state index in [0.29, 0.717) is 4.90 Å². The fourth-order valence-corrected chi connectivity index (χ4v) is 2.26. The average Bonchev–Trinajstić information content (AvgIpc) is 2.15. The van der Waals surface area contributed by atoms with Crippen molar-refractivity contribution in [3.63, 3.8) is 0 Å². The highest BCUT2D eigenvalue weighted by Crippen LogP contribution is 2.19. The van der Waals surface area contributed by atoms with E-state index in [2.05, 4.69) is 26.1 Å². The van der Waals surface area contributed by atoms with Gasteiger partial charge in [0, 0.05) is 25.3 Å². The Bertz CT molecular complexity index is 470. The van der Waals surface area contributed by atoms with Crippen LogP contribution in [-0.2, 0) is 10.0 Å². The Kier molecular flexibility index (Phi) is 3.84. The molecule has 0 unspecified atom stereocenters. The minimum atomic E-state index is -3.33. The first-order valence-electron chi connectivity index (χ1n) is 5.44. The Hall–Kier alpha value is -1.07. The van der Waals surface area contributed by atoms with Gasteiger partial charge in [0.1, 0.15) is 0 Å². The maximum absolute atomic E-state index is 11.8. The highest BCUT2D eigenvalue weighted by Gasteiger charge is 2.17. The van der Waals surface area contributed by atoms with Gasteiger partial charge in [-0.1, -0.05) is 0 Å². The third-order valence-electron chi connectivity index (χ3n) is 2.15. The number of hydrogen-bond acceptors (Lipinski definition) is 3. The number of rotatable bonds is 3. The van der Waals surface area contributed by atoms with Gasteiger partial charge in [-0.2, -0.15) is 0 Å². The first-order valence-corrected chi connectivity index (χ1v) is 6.88. The Morgan fingerprint density at radius 1 is 1.06 bits per heavy atom. The molecule has 0 aliphatic carbocycles. The zero-order valence-corrected chi connectivity index (χ0v) is 11.8. The minimum absolute atomic E-state index is 0.0397. The zero-order valence-electron chi connectivity index (χ0n) is 11.0. The molecule has 0 saturated heterocycles. The van der Waals surface area contributed by atoms with Crippen molar-refractivity contribution in [2.45, 2.75) is 31.2 Å². The average molecular weight is 256 g/mol. The van der Waals surface area contributed by atoms with Crippen LogP contribution in [0.1, 0.15) is 20.8 Å². The van der Waals surface area contributed by atoms with Crippen LogP contribution in [0.25, 0.3) is 0 Å². The number of nitrogens with zero attached hydrogens (tertiary/aromatic N) is 1. The number of nitrogens with one attached hydrogen (secondary N) is 1. The van der Waals surface area contributed by atoms with Crippen molar-refractivity contribution in [3.8, 4) is 0 Å². The van der Waals surface area contributed by atoms with Gasteiger partial charge in [0.25, 0.3) is 0 Å². The molecule has 0 aliphatic rings. The first-order chi connectivity index (χ1) is 7.63. The minimum Gasteiger partial charge on any atom is -0.380 e. The highest BCUT2D eigenvalue weighted by molar-refractivity contribution is 7.89. The second-order valence-corrected chi connectivity index (χ2v) is 7.34. The van der Waals surface area contributed by atoms with Gasteiger partial charge in [0.15, 0.2) is 0 Å². The second kappa shape index (κ2) is 4.66. The quantitative estimate of drug-likeness (QED) is 0.901. The molecule has 0 atom stereocenters. The van der Waals surface area contributed by atoms with Crippen LogP contribution in [0.2, 0.25) is 0 Å². The number of hydrogen-bond donors (Lipinski definition) is 1. The Balaban J connectivity index is 2.97. The lowest BCUT2D eigenvalue weighted by Crippen LogP contribution is -2.26. The smallest absolute Gasteiger partial charge is 0.242 e. The van der Waals surface area contributed by atoms with E-state index in [-0.39, 0.29) is 5.54 Å². The maximum Gasteiger partial charge on any atom is 0.242 e. The fourth-order valence-electron chi connectivity index (χ4n) is 1.35. The van der Waals surface area contributed by atoms with Crippen molar-refractivity contribution < 1.29 is 8.42 Å². The summed E-state index contributed by atoms with van der Waals surface area (Å²) in [5.41, 5.74) is 0.872. The molecule has 96 valence electrons. The molecule has 17 heavy (non-hydrogen) atoms. The van der Waals surface area contributed by atoms with E-state index in [9.17, 15) is 8.42 Å². The monoisotopic (exact) mass is 256 g/mol. The van der Waals surface area contributed by atoms with Gasteiger partial charge in [-0.3, -0.25) is 0 Å². The van der Waals surface area contributed by atoms with Gasteiger partial charge >= 0.3 is 0 Å². The van der Waals surface area contributed by atoms with E-state index in [1.807, 2.05) is 0 Å². The van der Waals surface area contributed by atoms with Crippen molar-refractivity contribution in [2.75, 3.05) is 19.4 Å². The van der Waals surface area contributed by atoms with Crippen LogP contribution in [0, 0.1) is 0 Å².